The molecule has 3 nitrogen and oxygen atoms in total. The highest BCUT2D eigenvalue weighted by molar-refractivity contribution is 5.89. The molecule has 1 aromatic heterocycles. The van der Waals surface area contributed by atoms with Crippen LogP contribution in [-0.4, -0.2) is 17.0 Å². The Kier molecular flexibility index (Phi) is 4.09. The van der Waals surface area contributed by atoms with Gasteiger partial charge >= 0.3 is 6.18 Å². The Balaban J connectivity index is 2.11. The van der Waals surface area contributed by atoms with Gasteiger partial charge in [-0.2, -0.15) is 13.2 Å². The zero-order valence-electron chi connectivity index (χ0n) is 12.7. The Morgan fingerprint density at radius 1 is 1.00 bits per heavy atom. The van der Waals surface area contributed by atoms with Gasteiger partial charge in [0.05, 0.1) is 5.52 Å². The Hall–Kier alpha value is -2.70. The zero-order chi connectivity index (χ0) is 17.3. The minimum Gasteiger partial charge on any atom is -0.355 e. The van der Waals surface area contributed by atoms with Crippen LogP contribution in [0.2, 0.25) is 0 Å². The standard InChI is InChI=1S/C17H13F4N3/c1-24(10-11-5-3-2-4-6-11)15-13-9-12(18)7-8-14(13)22-16(23-15)17(19,20)21/h2-9H,10H2,1H3. The molecule has 0 amide bonds. The lowest BCUT2D eigenvalue weighted by atomic mass is 10.2. The molecule has 0 saturated heterocycles. The molecule has 0 fully saturated rings. The number of alkyl halides is 3. The molecule has 2 aromatic carbocycles. The van der Waals surface area contributed by atoms with E-state index in [1.54, 1.807) is 11.9 Å². The molecule has 0 aliphatic heterocycles. The van der Waals surface area contributed by atoms with E-state index in [0.717, 1.165) is 17.7 Å². The van der Waals surface area contributed by atoms with E-state index in [1.165, 1.54) is 6.07 Å². The van der Waals surface area contributed by atoms with Crippen LogP contribution in [0.1, 0.15) is 11.4 Å². The molecule has 0 bridgehead atoms. The van der Waals surface area contributed by atoms with E-state index in [9.17, 15) is 17.6 Å². The number of fused-ring (bicyclic) bond motifs is 1. The fourth-order valence-corrected chi connectivity index (χ4v) is 2.43. The number of halogens is 4. The van der Waals surface area contributed by atoms with Gasteiger partial charge in [0.25, 0.3) is 0 Å². The van der Waals surface area contributed by atoms with E-state index in [0.29, 0.717) is 6.54 Å². The van der Waals surface area contributed by atoms with Crippen molar-refractivity contribution in [3.8, 4) is 0 Å². The predicted molar refractivity (Wildman–Crippen MR) is 83.0 cm³/mol. The smallest absolute Gasteiger partial charge is 0.355 e. The summed E-state index contributed by atoms with van der Waals surface area (Å²) >= 11 is 0. The summed E-state index contributed by atoms with van der Waals surface area (Å²) < 4.78 is 52.7. The van der Waals surface area contributed by atoms with Gasteiger partial charge in [-0.1, -0.05) is 30.3 Å². The van der Waals surface area contributed by atoms with Crippen molar-refractivity contribution >= 4 is 16.7 Å². The average Bonchev–Trinajstić information content (AvgIpc) is 2.53. The van der Waals surface area contributed by atoms with Crippen LogP contribution in [0.15, 0.2) is 48.5 Å². The highest BCUT2D eigenvalue weighted by atomic mass is 19.4. The number of benzene rings is 2. The van der Waals surface area contributed by atoms with Gasteiger partial charge in [0.15, 0.2) is 0 Å². The van der Waals surface area contributed by atoms with Crippen LogP contribution in [0.4, 0.5) is 23.4 Å². The first-order chi connectivity index (χ1) is 11.3. The SMILES string of the molecule is CN(Cc1ccccc1)c1nc(C(F)(F)F)nc2ccc(F)cc12. The highest BCUT2D eigenvalue weighted by Crippen LogP contribution is 2.32. The first-order valence-electron chi connectivity index (χ1n) is 7.14. The van der Waals surface area contributed by atoms with Gasteiger partial charge in [0.1, 0.15) is 11.6 Å². The second kappa shape index (κ2) is 6.07. The minimum atomic E-state index is -4.68. The normalized spacial score (nSPS) is 11.7. The van der Waals surface area contributed by atoms with E-state index < -0.39 is 17.8 Å². The molecule has 7 heteroatoms. The van der Waals surface area contributed by atoms with Crippen LogP contribution in [-0.2, 0) is 12.7 Å². The molecule has 0 saturated carbocycles. The molecule has 3 aromatic rings. The van der Waals surface area contributed by atoms with Gasteiger partial charge in [-0.15, -0.1) is 0 Å². The van der Waals surface area contributed by atoms with Gasteiger partial charge in [-0.25, -0.2) is 14.4 Å². The van der Waals surface area contributed by atoms with E-state index in [-0.39, 0.29) is 16.7 Å². The molecule has 0 atom stereocenters. The number of nitrogens with zero attached hydrogens (tertiary/aromatic N) is 3. The van der Waals surface area contributed by atoms with Gasteiger partial charge in [-0.05, 0) is 23.8 Å². The number of aromatic nitrogens is 2. The topological polar surface area (TPSA) is 29.0 Å². The molecular weight excluding hydrogens is 322 g/mol. The third kappa shape index (κ3) is 3.29. The van der Waals surface area contributed by atoms with Gasteiger partial charge < -0.3 is 4.90 Å². The summed E-state index contributed by atoms with van der Waals surface area (Å²) in [4.78, 5) is 8.69. The summed E-state index contributed by atoms with van der Waals surface area (Å²) in [5, 5.41) is 0.237. The van der Waals surface area contributed by atoms with Crippen molar-refractivity contribution in [3.63, 3.8) is 0 Å². The third-order valence-electron chi connectivity index (χ3n) is 3.52. The minimum absolute atomic E-state index is 0.0377. The van der Waals surface area contributed by atoms with E-state index in [2.05, 4.69) is 9.97 Å². The number of hydrogen-bond acceptors (Lipinski definition) is 3. The first-order valence-corrected chi connectivity index (χ1v) is 7.14. The van der Waals surface area contributed by atoms with E-state index in [1.807, 2.05) is 30.3 Å². The Bertz CT molecular complexity index is 863. The van der Waals surface area contributed by atoms with Crippen LogP contribution in [0, 0.1) is 5.82 Å². The first kappa shape index (κ1) is 16.2. The van der Waals surface area contributed by atoms with Crippen LogP contribution in [0.3, 0.4) is 0 Å². The Morgan fingerprint density at radius 3 is 2.38 bits per heavy atom. The van der Waals surface area contributed by atoms with E-state index >= 15 is 0 Å². The van der Waals surface area contributed by atoms with Crippen LogP contribution in [0.5, 0.6) is 0 Å². The molecular formula is C17H13F4N3. The van der Waals surface area contributed by atoms with Crippen molar-refractivity contribution in [3.05, 3.63) is 65.7 Å². The summed E-state index contributed by atoms with van der Waals surface area (Å²) in [5.41, 5.74) is 0.949. The molecule has 0 N–H and O–H groups in total. The second-order valence-corrected chi connectivity index (χ2v) is 5.37. The van der Waals surface area contributed by atoms with Crippen LogP contribution >= 0.6 is 0 Å². The maximum Gasteiger partial charge on any atom is 0.451 e. The van der Waals surface area contributed by atoms with Gasteiger partial charge in [0, 0.05) is 19.0 Å². The number of hydrogen-bond donors (Lipinski definition) is 0. The quantitative estimate of drug-likeness (QED) is 0.663. The molecule has 0 unspecified atom stereocenters. The largest absolute Gasteiger partial charge is 0.451 e. The molecule has 1 heterocycles. The monoisotopic (exact) mass is 335 g/mol. The molecule has 0 aliphatic carbocycles. The van der Waals surface area contributed by atoms with Crippen molar-refractivity contribution in [2.45, 2.75) is 12.7 Å². The fraction of sp³-hybridized carbons (Fsp3) is 0.176. The van der Waals surface area contributed by atoms with Crippen molar-refractivity contribution in [1.29, 1.82) is 0 Å². The highest BCUT2D eigenvalue weighted by Gasteiger charge is 2.36. The van der Waals surface area contributed by atoms with Crippen LogP contribution < -0.4 is 4.90 Å². The summed E-state index contributed by atoms with van der Waals surface area (Å²) in [6.07, 6.45) is -4.68. The van der Waals surface area contributed by atoms with Crippen molar-refractivity contribution in [2.75, 3.05) is 11.9 Å². The second-order valence-electron chi connectivity index (χ2n) is 5.37. The van der Waals surface area contributed by atoms with Crippen molar-refractivity contribution < 1.29 is 17.6 Å². The van der Waals surface area contributed by atoms with Gasteiger partial charge in [0.2, 0.25) is 5.82 Å². The fourth-order valence-electron chi connectivity index (χ4n) is 2.43. The van der Waals surface area contributed by atoms with Crippen molar-refractivity contribution in [2.24, 2.45) is 0 Å². The molecule has 0 aliphatic rings. The summed E-state index contributed by atoms with van der Waals surface area (Å²) in [5.74, 6) is -1.76. The summed E-state index contributed by atoms with van der Waals surface area (Å²) in [7, 11) is 1.61. The lowest BCUT2D eigenvalue weighted by Crippen LogP contribution is -2.21. The predicted octanol–water partition coefficient (Wildman–Crippen LogP) is 4.42. The van der Waals surface area contributed by atoms with Gasteiger partial charge in [-0.3, -0.25) is 0 Å². The van der Waals surface area contributed by atoms with Crippen LogP contribution in [0.25, 0.3) is 10.9 Å². The number of anilines is 1. The molecule has 0 spiro atoms. The molecule has 124 valence electrons. The maximum absolute atomic E-state index is 13.5. The third-order valence-corrected chi connectivity index (χ3v) is 3.52. The molecule has 3 rings (SSSR count). The lowest BCUT2D eigenvalue weighted by Gasteiger charge is -2.21. The number of rotatable bonds is 3. The molecule has 0 radical (unpaired) electrons. The molecule has 24 heavy (non-hydrogen) atoms. The summed E-state index contributed by atoms with van der Waals surface area (Å²) in [6.45, 7) is 0.334. The van der Waals surface area contributed by atoms with Crippen molar-refractivity contribution in [1.82, 2.24) is 9.97 Å². The Morgan fingerprint density at radius 2 is 1.71 bits per heavy atom. The average molecular weight is 335 g/mol. The zero-order valence-corrected chi connectivity index (χ0v) is 12.7. The Labute approximate surface area is 135 Å². The summed E-state index contributed by atoms with van der Waals surface area (Å²) in [6, 6.07) is 12.7. The lowest BCUT2D eigenvalue weighted by molar-refractivity contribution is -0.144. The van der Waals surface area contributed by atoms with E-state index in [4.69, 9.17) is 0 Å². The maximum atomic E-state index is 13.5.